The minimum Gasteiger partial charge on any atom is -0.504 e. The first-order valence-electron chi connectivity index (χ1n) is 15.9. The van der Waals surface area contributed by atoms with Crippen LogP contribution in [0.1, 0.15) is 42.4 Å². The predicted octanol–water partition coefficient (Wildman–Crippen LogP) is 7.67. The van der Waals surface area contributed by atoms with Crippen molar-refractivity contribution in [3.8, 4) is 11.5 Å². The number of carbonyl (C=O) groups excluding carboxylic acids is 4. The van der Waals surface area contributed by atoms with Gasteiger partial charge < -0.3 is 9.84 Å². The van der Waals surface area contributed by atoms with Gasteiger partial charge in [-0.1, -0.05) is 29.3 Å². The number of alkyl halides is 6. The highest BCUT2D eigenvalue weighted by atomic mass is 35.5. The Labute approximate surface area is 295 Å². The smallest absolute Gasteiger partial charge is 0.416 e. The van der Waals surface area contributed by atoms with Crippen LogP contribution in [0.3, 0.4) is 0 Å². The summed E-state index contributed by atoms with van der Waals surface area (Å²) in [6.07, 6.45) is -9.26. The topological polar surface area (TPSA) is 104 Å². The molecule has 4 amide bonds. The van der Waals surface area contributed by atoms with Crippen LogP contribution in [0, 0.1) is 34.9 Å². The summed E-state index contributed by atoms with van der Waals surface area (Å²) in [7, 11) is 1.31. The Morgan fingerprint density at radius 3 is 2.06 bits per heavy atom. The van der Waals surface area contributed by atoms with Crippen molar-refractivity contribution >= 4 is 46.6 Å². The normalized spacial score (nSPS) is 27.4. The average molecular weight is 751 g/mol. The Morgan fingerprint density at radius 2 is 1.48 bits per heavy atom. The molecule has 2 aliphatic carbocycles. The second-order valence-electron chi connectivity index (χ2n) is 13.5. The number of carbonyl (C=O) groups is 4. The number of halogens is 8. The van der Waals surface area contributed by atoms with Gasteiger partial charge in [0.05, 0.1) is 57.8 Å². The van der Waals surface area contributed by atoms with Crippen LogP contribution in [-0.2, 0) is 31.5 Å². The van der Waals surface area contributed by atoms with E-state index in [9.17, 15) is 55.0 Å². The molecule has 8 nitrogen and oxygen atoms in total. The Kier molecular flexibility index (Phi) is 8.05. The fourth-order valence-electron chi connectivity index (χ4n) is 8.47. The first kappa shape index (κ1) is 35.5. The standard InChI is InChI=1S/C36H26ClF7N2O6/c1-34-23(31(49)46(33(34)51)18-4-7-25(38)24(37)13-18)14-22-20(29(34)15-3-8-27(52-2)26(47)9-15)5-6-21-28(22)32(50)45(30(21)48)19-11-16(35(39,40)41)10-17(12-19)36(42,43)44/h3-5,7-13,21-23,28-29,47H,6,14H2,1-2H3/t21-,22+,23-,28-,29-,34+/m0/s1. The minimum atomic E-state index is -5.25. The Hall–Kier alpha value is -4.92. The molecule has 7 rings (SSSR count). The highest BCUT2D eigenvalue weighted by molar-refractivity contribution is 6.32. The van der Waals surface area contributed by atoms with Gasteiger partial charge in [0.1, 0.15) is 5.82 Å². The third kappa shape index (κ3) is 5.18. The van der Waals surface area contributed by atoms with Crippen molar-refractivity contribution in [1.82, 2.24) is 0 Å². The number of aromatic hydroxyl groups is 1. The largest absolute Gasteiger partial charge is 0.504 e. The molecule has 2 heterocycles. The minimum absolute atomic E-state index is 0.0357. The van der Waals surface area contributed by atoms with E-state index in [1.165, 1.54) is 32.2 Å². The molecule has 0 aromatic heterocycles. The highest BCUT2D eigenvalue weighted by Crippen LogP contribution is 2.64. The summed E-state index contributed by atoms with van der Waals surface area (Å²) in [4.78, 5) is 58.0. The van der Waals surface area contributed by atoms with E-state index in [4.69, 9.17) is 16.3 Å². The van der Waals surface area contributed by atoms with Crippen LogP contribution in [0.4, 0.5) is 42.1 Å². The number of hydrogen-bond donors (Lipinski definition) is 1. The van der Waals surface area contributed by atoms with E-state index in [1.54, 1.807) is 12.1 Å². The van der Waals surface area contributed by atoms with Crippen LogP contribution < -0.4 is 14.5 Å². The van der Waals surface area contributed by atoms with Crippen LogP contribution in [0.5, 0.6) is 11.5 Å². The molecule has 1 saturated carbocycles. The van der Waals surface area contributed by atoms with Crippen molar-refractivity contribution in [3.63, 3.8) is 0 Å². The maximum atomic E-state index is 14.5. The van der Waals surface area contributed by atoms with E-state index in [-0.39, 0.29) is 41.1 Å². The van der Waals surface area contributed by atoms with Crippen molar-refractivity contribution < 1.29 is 59.8 Å². The number of nitrogens with zero attached hydrogens (tertiary/aromatic N) is 2. The molecule has 0 bridgehead atoms. The molecule has 0 radical (unpaired) electrons. The van der Waals surface area contributed by atoms with Crippen LogP contribution in [0.15, 0.2) is 66.2 Å². The Morgan fingerprint density at radius 1 is 0.827 bits per heavy atom. The van der Waals surface area contributed by atoms with E-state index in [1.807, 2.05) is 0 Å². The lowest BCUT2D eigenvalue weighted by molar-refractivity contribution is -0.143. The number of hydrogen-bond acceptors (Lipinski definition) is 6. The van der Waals surface area contributed by atoms with Crippen LogP contribution >= 0.6 is 11.6 Å². The average Bonchev–Trinajstić information content (AvgIpc) is 3.44. The first-order valence-corrected chi connectivity index (χ1v) is 16.2. The van der Waals surface area contributed by atoms with Gasteiger partial charge in [0.25, 0.3) is 0 Å². The van der Waals surface area contributed by atoms with Gasteiger partial charge in [-0.3, -0.25) is 19.2 Å². The molecule has 0 unspecified atom stereocenters. The molecule has 3 fully saturated rings. The number of amides is 4. The lowest BCUT2D eigenvalue weighted by atomic mass is 9.51. The SMILES string of the molecule is COc1ccc([C@H]2C3=CC[C@@H]4C(=O)N(c5cc(C(F)(F)F)cc(C(F)(F)F)c5)C(=O)[C@@H]4[C@@H]3C[C@H]3C(=O)N(c4ccc(F)c(Cl)c4)C(=O)[C@@]23C)cc1O. The fourth-order valence-corrected chi connectivity index (χ4v) is 8.65. The number of allylic oxidation sites excluding steroid dienone is 2. The molecule has 6 atom stereocenters. The molecule has 272 valence electrons. The van der Waals surface area contributed by atoms with Gasteiger partial charge in [-0.05, 0) is 79.8 Å². The summed E-state index contributed by atoms with van der Waals surface area (Å²) in [6.45, 7) is 1.54. The summed E-state index contributed by atoms with van der Waals surface area (Å²) in [5, 5.41) is 10.4. The molecular weight excluding hydrogens is 725 g/mol. The van der Waals surface area contributed by atoms with Crippen molar-refractivity contribution in [3.05, 3.63) is 93.8 Å². The number of phenolic OH excluding ortho intramolecular Hbond substituents is 1. The summed E-state index contributed by atoms with van der Waals surface area (Å²) in [6, 6.07) is 8.07. The molecule has 1 N–H and O–H groups in total. The zero-order valence-electron chi connectivity index (χ0n) is 27.0. The summed E-state index contributed by atoms with van der Waals surface area (Å²) < 4.78 is 102. The molecule has 52 heavy (non-hydrogen) atoms. The Balaban J connectivity index is 1.36. The molecule has 3 aromatic carbocycles. The van der Waals surface area contributed by atoms with Crippen molar-refractivity contribution in [2.24, 2.45) is 29.1 Å². The molecule has 0 spiro atoms. The molecular formula is C36H26ClF7N2O6. The predicted molar refractivity (Wildman–Crippen MR) is 170 cm³/mol. The Bertz CT molecular complexity index is 2080. The number of ether oxygens (including phenoxy) is 1. The molecule has 16 heteroatoms. The maximum absolute atomic E-state index is 14.5. The molecule has 2 aliphatic heterocycles. The van der Waals surface area contributed by atoms with Gasteiger partial charge in [-0.2, -0.15) is 26.3 Å². The quantitative estimate of drug-likeness (QED) is 0.167. The zero-order chi connectivity index (χ0) is 37.8. The van der Waals surface area contributed by atoms with Gasteiger partial charge >= 0.3 is 12.4 Å². The lowest BCUT2D eigenvalue weighted by Gasteiger charge is -2.49. The van der Waals surface area contributed by atoms with E-state index in [0.717, 1.165) is 17.0 Å². The van der Waals surface area contributed by atoms with Crippen molar-refractivity contribution in [2.75, 3.05) is 16.9 Å². The maximum Gasteiger partial charge on any atom is 0.416 e. The van der Waals surface area contributed by atoms with E-state index >= 15 is 0 Å². The van der Waals surface area contributed by atoms with Gasteiger partial charge in [0.2, 0.25) is 23.6 Å². The highest BCUT2D eigenvalue weighted by Gasteiger charge is 2.67. The number of methoxy groups -OCH3 is 1. The fraction of sp³-hybridized carbons (Fsp3) is 0.333. The summed E-state index contributed by atoms with van der Waals surface area (Å²) in [5.41, 5.74) is -5.22. The zero-order valence-corrected chi connectivity index (χ0v) is 27.7. The van der Waals surface area contributed by atoms with Crippen LogP contribution in [0.25, 0.3) is 0 Å². The van der Waals surface area contributed by atoms with Gasteiger partial charge in [-0.25, -0.2) is 14.2 Å². The third-order valence-corrected chi connectivity index (χ3v) is 11.1. The summed E-state index contributed by atoms with van der Waals surface area (Å²) >= 11 is 6.00. The third-order valence-electron chi connectivity index (χ3n) is 10.8. The first-order chi connectivity index (χ1) is 24.3. The number of anilines is 2. The number of benzene rings is 3. The second-order valence-corrected chi connectivity index (χ2v) is 13.9. The number of fused-ring (bicyclic) bond motifs is 4. The van der Waals surface area contributed by atoms with E-state index in [2.05, 4.69) is 0 Å². The molecule has 4 aliphatic rings. The van der Waals surface area contributed by atoms with Crippen molar-refractivity contribution in [1.29, 1.82) is 0 Å². The number of imide groups is 2. The van der Waals surface area contributed by atoms with Gasteiger partial charge in [-0.15, -0.1) is 0 Å². The van der Waals surface area contributed by atoms with Gasteiger partial charge in [0.15, 0.2) is 11.5 Å². The number of rotatable bonds is 4. The van der Waals surface area contributed by atoms with E-state index in [0.29, 0.717) is 28.2 Å². The second kappa shape index (κ2) is 11.8. The van der Waals surface area contributed by atoms with Crippen LogP contribution in [0.2, 0.25) is 5.02 Å². The molecule has 2 saturated heterocycles. The van der Waals surface area contributed by atoms with E-state index < -0.39 is 93.6 Å². The number of phenols is 1. The lowest BCUT2D eigenvalue weighted by Crippen LogP contribution is -2.48. The van der Waals surface area contributed by atoms with Crippen LogP contribution in [-0.4, -0.2) is 35.8 Å². The molecule has 3 aromatic rings. The van der Waals surface area contributed by atoms with Gasteiger partial charge in [0, 0.05) is 5.92 Å². The van der Waals surface area contributed by atoms with Crippen molar-refractivity contribution in [2.45, 2.75) is 38.0 Å². The monoisotopic (exact) mass is 750 g/mol. The summed E-state index contributed by atoms with van der Waals surface area (Å²) in [5.74, 6) is -10.3.